The SMILES string of the molecule is [Br][Ru][Br].[CH2-]C. The second kappa shape index (κ2) is 17.6. The zero-order chi connectivity index (χ0) is 4.71. The van der Waals surface area contributed by atoms with Crippen LogP contribution < -0.4 is 0 Å². The van der Waals surface area contributed by atoms with Gasteiger partial charge in [-0.25, -0.2) is 0 Å². The van der Waals surface area contributed by atoms with E-state index < -0.39 is 0 Å². The largest absolute Gasteiger partial charge is 0.346 e. The van der Waals surface area contributed by atoms with Crippen LogP contribution in [0.2, 0.25) is 0 Å². The molecule has 0 aliphatic carbocycles. The molecule has 0 nitrogen and oxygen atoms in total. The molecule has 0 aromatic rings. The molecule has 0 bridgehead atoms. The molecule has 0 unspecified atom stereocenters. The van der Waals surface area contributed by atoms with E-state index in [1.165, 1.54) is 0 Å². The van der Waals surface area contributed by atoms with Crippen molar-refractivity contribution in [2.45, 2.75) is 6.92 Å². The standard InChI is InChI=1S/C2H5.2BrH.Ru/c1-2;;;/h1H2,2H3;2*1H;/q-1;;;+2/p-2. The third-order valence-electron chi connectivity index (χ3n) is 0. The van der Waals surface area contributed by atoms with E-state index in [2.05, 4.69) is 34.2 Å². The third kappa shape index (κ3) is 28.6. The van der Waals surface area contributed by atoms with Gasteiger partial charge >= 0.3 is 40.5 Å². The first-order chi connectivity index (χ1) is 2.41. The van der Waals surface area contributed by atoms with Gasteiger partial charge in [0.1, 0.15) is 0 Å². The summed E-state index contributed by atoms with van der Waals surface area (Å²) in [6, 6.07) is 0. The first kappa shape index (κ1) is 9.77. The van der Waals surface area contributed by atoms with Gasteiger partial charge in [0.15, 0.2) is 0 Å². The zero-order valence-corrected chi connectivity index (χ0v) is 7.73. The van der Waals surface area contributed by atoms with Crippen molar-refractivity contribution >= 4 is 27.2 Å². The Kier molecular flexibility index (Phi) is 34.3. The van der Waals surface area contributed by atoms with Gasteiger partial charge in [-0.3, -0.25) is 0 Å². The Morgan fingerprint density at radius 1 is 1.40 bits per heavy atom. The van der Waals surface area contributed by atoms with Crippen LogP contribution in [-0.4, -0.2) is 0 Å². The average Bonchev–Trinajstić information content (AvgIpc) is 1.46. The molecule has 0 saturated carbocycles. The molecule has 0 heterocycles. The van der Waals surface area contributed by atoms with Gasteiger partial charge in [0.2, 0.25) is 0 Å². The summed E-state index contributed by atoms with van der Waals surface area (Å²) >= 11 is 6.64. The molecular weight excluding hydrogens is 285 g/mol. The molecule has 0 aromatic carbocycles. The molecule has 0 radical (unpaired) electrons. The van der Waals surface area contributed by atoms with Crippen LogP contribution in [0.25, 0.3) is 0 Å². The molecule has 0 rings (SSSR count). The maximum Gasteiger partial charge on any atom is -0.194 e. The van der Waals surface area contributed by atoms with Crippen LogP contribution in [0.1, 0.15) is 6.92 Å². The quantitative estimate of drug-likeness (QED) is 0.475. The molecule has 0 spiro atoms. The maximum absolute atomic E-state index is 3.25. The van der Waals surface area contributed by atoms with E-state index in [4.69, 9.17) is 0 Å². The van der Waals surface area contributed by atoms with Gasteiger partial charge in [-0.15, -0.1) is 0 Å². The fraction of sp³-hybridized carbons (Fsp3) is 0.500. The summed E-state index contributed by atoms with van der Waals surface area (Å²) in [5.41, 5.74) is 0. The molecule has 0 N–H and O–H groups in total. The first-order valence-electron chi connectivity index (χ1n) is 0.974. The minimum absolute atomic E-state index is 0.335. The van der Waals surface area contributed by atoms with E-state index >= 15 is 0 Å². The molecule has 0 aliphatic rings. The number of hydrogen-bond donors (Lipinski definition) is 0. The van der Waals surface area contributed by atoms with Crippen LogP contribution in [0.4, 0.5) is 0 Å². The van der Waals surface area contributed by atoms with Gasteiger partial charge in [-0.1, -0.05) is 0 Å². The van der Waals surface area contributed by atoms with E-state index in [-0.39, 0.29) is 0 Å². The maximum atomic E-state index is 3.25. The summed E-state index contributed by atoms with van der Waals surface area (Å²) in [5.74, 6) is 0. The summed E-state index contributed by atoms with van der Waals surface area (Å²) < 4.78 is 0. The van der Waals surface area contributed by atoms with Gasteiger partial charge in [0, 0.05) is 0 Å². The molecule has 0 aromatic heterocycles. The second-order valence-corrected chi connectivity index (χ2v) is 8.07. The summed E-state index contributed by atoms with van der Waals surface area (Å²) in [6.45, 7) is 5.00. The topological polar surface area (TPSA) is 0 Å². The second-order valence-electron chi connectivity index (χ2n) is 0.0505. The normalized spacial score (nSPS) is 5.60. The Bertz CT molecular complexity index is 7.61. The number of rotatable bonds is 0. The van der Waals surface area contributed by atoms with Gasteiger partial charge in [-0.2, -0.15) is 6.92 Å². The molecule has 0 amide bonds. The Morgan fingerprint density at radius 3 is 1.40 bits per heavy atom. The fourth-order valence-electron chi connectivity index (χ4n) is 0. The van der Waals surface area contributed by atoms with Crippen molar-refractivity contribution in [3.63, 3.8) is 0 Å². The van der Waals surface area contributed by atoms with Crippen molar-refractivity contribution in [1.29, 1.82) is 0 Å². The minimum atomic E-state index is 0.335. The van der Waals surface area contributed by atoms with Crippen molar-refractivity contribution in [2.24, 2.45) is 0 Å². The van der Waals surface area contributed by atoms with Crippen LogP contribution in [0.5, 0.6) is 0 Å². The van der Waals surface area contributed by atoms with E-state index in [0.29, 0.717) is 13.2 Å². The Labute approximate surface area is 54.0 Å². The molecule has 0 saturated heterocycles. The Balaban J connectivity index is 0. The Hall–Kier alpha value is 1.58. The van der Waals surface area contributed by atoms with Crippen LogP contribution in [-0.2, 0) is 13.2 Å². The average molecular weight is 290 g/mol. The van der Waals surface area contributed by atoms with Gasteiger partial charge in [-0.05, 0) is 0 Å². The summed E-state index contributed by atoms with van der Waals surface area (Å²) in [4.78, 5) is 0. The predicted molar refractivity (Wildman–Crippen MR) is 28.9 cm³/mol. The van der Waals surface area contributed by atoms with Crippen LogP contribution >= 0.6 is 27.2 Å². The molecule has 36 valence electrons. The van der Waals surface area contributed by atoms with Gasteiger partial charge in [0.25, 0.3) is 0 Å². The number of halogens is 2. The number of hydrogen-bond acceptors (Lipinski definition) is 0. The van der Waals surface area contributed by atoms with Crippen molar-refractivity contribution < 1.29 is 13.2 Å². The Morgan fingerprint density at radius 2 is 1.40 bits per heavy atom. The minimum Gasteiger partial charge on any atom is -0.346 e. The van der Waals surface area contributed by atoms with Crippen LogP contribution in [0.3, 0.4) is 0 Å². The molecule has 0 atom stereocenters. The molecule has 0 fully saturated rings. The monoisotopic (exact) mass is 289 g/mol. The zero-order valence-electron chi connectivity index (χ0n) is 2.82. The summed E-state index contributed by atoms with van der Waals surface area (Å²) in [7, 11) is 0. The summed E-state index contributed by atoms with van der Waals surface area (Å²) in [5, 5.41) is 0. The van der Waals surface area contributed by atoms with E-state index in [0.717, 1.165) is 0 Å². The van der Waals surface area contributed by atoms with Gasteiger partial charge < -0.3 is 6.92 Å². The molecule has 5 heavy (non-hydrogen) atoms. The smallest absolute Gasteiger partial charge is 0.194 e. The molecule has 3 heteroatoms. The molecule has 0 aliphatic heterocycles. The van der Waals surface area contributed by atoms with Gasteiger partial charge in [0.05, 0.1) is 0 Å². The van der Waals surface area contributed by atoms with Crippen molar-refractivity contribution in [1.82, 2.24) is 0 Å². The third-order valence-corrected chi connectivity index (χ3v) is 0. The summed E-state index contributed by atoms with van der Waals surface area (Å²) in [6.07, 6.45) is 0. The van der Waals surface area contributed by atoms with Crippen LogP contribution in [0.15, 0.2) is 0 Å². The van der Waals surface area contributed by atoms with E-state index in [1.807, 2.05) is 0 Å². The van der Waals surface area contributed by atoms with Crippen molar-refractivity contribution in [3.05, 3.63) is 6.92 Å². The molecular formula is C2H5Br2Ru-. The van der Waals surface area contributed by atoms with Crippen LogP contribution in [0, 0.1) is 6.92 Å². The first-order valence-corrected chi connectivity index (χ1v) is 8.92. The fourth-order valence-corrected chi connectivity index (χ4v) is 0. The van der Waals surface area contributed by atoms with Crippen molar-refractivity contribution in [3.8, 4) is 0 Å². The van der Waals surface area contributed by atoms with E-state index in [9.17, 15) is 0 Å². The van der Waals surface area contributed by atoms with E-state index in [1.54, 1.807) is 6.92 Å². The van der Waals surface area contributed by atoms with Crippen molar-refractivity contribution in [2.75, 3.05) is 0 Å². The predicted octanol–water partition coefficient (Wildman–Crippen LogP) is 2.53.